The normalized spacial score (nSPS) is 15.1. The van der Waals surface area contributed by atoms with Crippen LogP contribution in [0.5, 0.6) is 0 Å². The minimum absolute atomic E-state index is 0.0106. The lowest BCUT2D eigenvalue weighted by Gasteiger charge is -2.26. The molecule has 0 aliphatic rings. The molecule has 0 fully saturated rings. The van der Waals surface area contributed by atoms with Gasteiger partial charge in [-0.25, -0.2) is 15.6 Å². The first-order valence-electron chi connectivity index (χ1n) is 7.96. The summed E-state index contributed by atoms with van der Waals surface area (Å²) in [4.78, 5) is 57.1. The van der Waals surface area contributed by atoms with Crippen molar-refractivity contribution in [3.63, 3.8) is 0 Å². The number of thiol groups is 2. The van der Waals surface area contributed by atoms with Gasteiger partial charge < -0.3 is 26.3 Å². The van der Waals surface area contributed by atoms with Gasteiger partial charge in [0.1, 0.15) is 24.4 Å². The van der Waals surface area contributed by atoms with Gasteiger partial charge in [0.2, 0.25) is 17.7 Å². The van der Waals surface area contributed by atoms with Gasteiger partial charge in [-0.3, -0.25) is 14.4 Å². The number of primary amides is 1. The van der Waals surface area contributed by atoms with Crippen molar-refractivity contribution in [2.75, 3.05) is 12.3 Å². The first-order valence-corrected chi connectivity index (χ1v) is 9.11. The summed E-state index contributed by atoms with van der Waals surface area (Å²) in [6, 6.07) is -3.35. The van der Waals surface area contributed by atoms with Gasteiger partial charge >= 0.3 is 5.97 Å². The lowest BCUT2D eigenvalue weighted by atomic mass is 10.1. The molecule has 0 radical (unpaired) electrons. The van der Waals surface area contributed by atoms with Gasteiger partial charge in [-0.1, -0.05) is 6.92 Å². The quantitative estimate of drug-likeness (QED) is 0.0639. The van der Waals surface area contributed by atoms with Crippen LogP contribution in [0.1, 0.15) is 19.8 Å². The van der Waals surface area contributed by atoms with Crippen LogP contribution in [0, 0.1) is 0 Å². The fraction of sp³-hybridized carbons (Fsp3) is 0.643. The van der Waals surface area contributed by atoms with Gasteiger partial charge in [-0.2, -0.15) is 25.3 Å². The number of hydrogen-bond acceptors (Lipinski definition) is 9. The van der Waals surface area contributed by atoms with Crippen LogP contribution in [0.25, 0.3) is 0 Å². The Bertz CT molecular complexity index is 548. The molecule has 0 saturated carbocycles. The zero-order valence-corrected chi connectivity index (χ0v) is 16.5. The van der Waals surface area contributed by atoms with Gasteiger partial charge in [-0.05, 0) is 6.42 Å². The van der Waals surface area contributed by atoms with E-state index >= 15 is 0 Å². The fourth-order valence-corrected chi connectivity index (χ4v) is 2.34. The number of aldehydes is 1. The van der Waals surface area contributed by atoms with Gasteiger partial charge in [0.25, 0.3) is 0 Å². The highest BCUT2D eigenvalue weighted by Crippen LogP contribution is 2.05. The summed E-state index contributed by atoms with van der Waals surface area (Å²) in [5.74, 6) is -3.44. The summed E-state index contributed by atoms with van der Waals surface area (Å²) in [6.45, 7) is 1.45. The molecule has 3 unspecified atom stereocenters. The Balaban J connectivity index is 5.09. The van der Waals surface area contributed by atoms with E-state index in [4.69, 9.17) is 10.8 Å². The number of carbonyl (C=O) groups is 5. The number of nitrogens with one attached hydrogen (secondary N) is 4. The van der Waals surface area contributed by atoms with Gasteiger partial charge in [0, 0.05) is 17.4 Å². The van der Waals surface area contributed by atoms with Crippen molar-refractivity contribution in [3.05, 3.63) is 0 Å². The number of carboxylic acid groups (broad SMARTS) is 1. The molecular weight excluding hydrogens is 398 g/mol. The molecule has 0 spiro atoms. The van der Waals surface area contributed by atoms with Crippen molar-refractivity contribution in [1.82, 2.24) is 21.5 Å². The highest BCUT2D eigenvalue weighted by molar-refractivity contribution is 7.81. The maximum atomic E-state index is 12.5. The summed E-state index contributed by atoms with van der Waals surface area (Å²) in [5, 5.41) is 13.1. The average molecular weight is 424 g/mol. The standard InChI is InChI=1S/C14H25N5O6S2/c1-7(27)11(13(23)17-9(6-26)14(24)25)18-12(22)8(2-3-10(15)21)19-16-4-5-20/h5,7-9,11,16,19,26-27H,2-4,6H2,1H3,(H2,15,21)(H,17,23)(H,18,22)(H,24,25)/t7?,8-,9?,11?/m0/s1. The Morgan fingerprint density at radius 2 is 1.78 bits per heavy atom. The Labute approximate surface area is 167 Å². The van der Waals surface area contributed by atoms with Crippen LogP contribution < -0.4 is 27.2 Å². The predicted molar refractivity (Wildman–Crippen MR) is 103 cm³/mol. The van der Waals surface area contributed by atoms with E-state index in [-0.39, 0.29) is 25.1 Å². The van der Waals surface area contributed by atoms with E-state index in [0.717, 1.165) is 0 Å². The molecule has 7 N–H and O–H groups in total. The van der Waals surface area contributed by atoms with E-state index in [9.17, 15) is 24.0 Å². The molecular formula is C14H25N5O6S2. The van der Waals surface area contributed by atoms with E-state index in [1.165, 1.54) is 0 Å². The van der Waals surface area contributed by atoms with Gasteiger partial charge in [0.15, 0.2) is 0 Å². The maximum Gasteiger partial charge on any atom is 0.327 e. The number of rotatable bonds is 14. The predicted octanol–water partition coefficient (Wildman–Crippen LogP) is -2.78. The van der Waals surface area contributed by atoms with Crippen LogP contribution in [0.4, 0.5) is 0 Å². The second kappa shape index (κ2) is 13.4. The highest BCUT2D eigenvalue weighted by atomic mass is 32.1. The van der Waals surface area contributed by atoms with Crippen molar-refractivity contribution in [1.29, 1.82) is 0 Å². The second-order valence-electron chi connectivity index (χ2n) is 5.56. The molecule has 13 heteroatoms. The number of aliphatic carboxylic acids is 1. The lowest BCUT2D eigenvalue weighted by Crippen LogP contribution is -2.59. The Morgan fingerprint density at radius 3 is 2.22 bits per heavy atom. The third-order valence-electron chi connectivity index (χ3n) is 3.32. The van der Waals surface area contributed by atoms with Crippen LogP contribution in [0.15, 0.2) is 0 Å². The monoisotopic (exact) mass is 423 g/mol. The molecule has 3 amide bonds. The SMILES string of the molecule is CC(S)C(NC(=O)[C@H](CCC(N)=O)NNCC=O)C(=O)NC(CS)C(=O)O. The number of carbonyl (C=O) groups excluding carboxylic acids is 4. The smallest absolute Gasteiger partial charge is 0.327 e. The Morgan fingerprint density at radius 1 is 1.15 bits per heavy atom. The Kier molecular flexibility index (Phi) is 12.5. The largest absolute Gasteiger partial charge is 0.480 e. The third kappa shape index (κ3) is 10.2. The summed E-state index contributed by atoms with van der Waals surface area (Å²) < 4.78 is 0. The molecule has 0 bridgehead atoms. The fourth-order valence-electron chi connectivity index (χ4n) is 1.89. The zero-order valence-electron chi connectivity index (χ0n) is 14.7. The minimum Gasteiger partial charge on any atom is -0.480 e. The maximum absolute atomic E-state index is 12.5. The molecule has 0 aromatic heterocycles. The molecule has 0 saturated heterocycles. The number of nitrogens with two attached hydrogens (primary N) is 1. The molecule has 0 aromatic carbocycles. The average Bonchev–Trinajstić information content (AvgIpc) is 2.59. The van der Waals surface area contributed by atoms with E-state index in [0.29, 0.717) is 6.29 Å². The van der Waals surface area contributed by atoms with Crippen LogP contribution in [-0.2, 0) is 24.0 Å². The van der Waals surface area contributed by atoms with E-state index in [1.807, 2.05) is 0 Å². The number of amides is 3. The summed E-state index contributed by atoms with van der Waals surface area (Å²) >= 11 is 8.01. The first-order chi connectivity index (χ1) is 12.6. The summed E-state index contributed by atoms with van der Waals surface area (Å²) in [5.41, 5.74) is 10.1. The molecule has 0 aliphatic heterocycles. The molecule has 27 heavy (non-hydrogen) atoms. The molecule has 0 aliphatic carbocycles. The molecule has 4 atom stereocenters. The van der Waals surface area contributed by atoms with Gasteiger partial charge in [0.05, 0.1) is 6.54 Å². The topological polar surface area (TPSA) is 180 Å². The van der Waals surface area contributed by atoms with Crippen molar-refractivity contribution in [2.24, 2.45) is 5.73 Å². The van der Waals surface area contributed by atoms with E-state index in [2.05, 4.69) is 46.7 Å². The molecule has 11 nitrogen and oxygen atoms in total. The van der Waals surface area contributed by atoms with Crippen molar-refractivity contribution >= 4 is 55.2 Å². The van der Waals surface area contributed by atoms with Crippen molar-refractivity contribution in [2.45, 2.75) is 43.1 Å². The number of hydrazine groups is 1. The van der Waals surface area contributed by atoms with Crippen LogP contribution >= 0.6 is 25.3 Å². The van der Waals surface area contributed by atoms with Crippen LogP contribution in [0.2, 0.25) is 0 Å². The minimum atomic E-state index is -1.27. The third-order valence-corrected chi connectivity index (χ3v) is 3.98. The zero-order chi connectivity index (χ0) is 21.0. The van der Waals surface area contributed by atoms with Crippen LogP contribution in [0.3, 0.4) is 0 Å². The van der Waals surface area contributed by atoms with Gasteiger partial charge in [-0.15, -0.1) is 0 Å². The van der Waals surface area contributed by atoms with Crippen molar-refractivity contribution < 1.29 is 29.1 Å². The lowest BCUT2D eigenvalue weighted by molar-refractivity contribution is -0.141. The molecule has 0 rings (SSSR count). The molecule has 0 heterocycles. The Hall–Kier alpha value is -1.83. The number of carboxylic acids is 1. The number of hydrogen-bond donors (Lipinski definition) is 8. The summed E-state index contributed by atoms with van der Waals surface area (Å²) in [7, 11) is 0. The highest BCUT2D eigenvalue weighted by Gasteiger charge is 2.30. The second-order valence-corrected chi connectivity index (χ2v) is 6.74. The first kappa shape index (κ1) is 25.2. The van der Waals surface area contributed by atoms with Crippen LogP contribution in [-0.4, -0.2) is 70.8 Å². The summed E-state index contributed by atoms with van der Waals surface area (Å²) in [6.07, 6.45) is 0.462. The van der Waals surface area contributed by atoms with E-state index < -0.39 is 47.1 Å². The van der Waals surface area contributed by atoms with Crippen molar-refractivity contribution in [3.8, 4) is 0 Å². The molecule has 154 valence electrons. The molecule has 0 aromatic rings. The van der Waals surface area contributed by atoms with E-state index in [1.54, 1.807) is 6.92 Å².